The summed E-state index contributed by atoms with van der Waals surface area (Å²) in [4.78, 5) is 7.64. The second kappa shape index (κ2) is 4.33. The predicted octanol–water partition coefficient (Wildman–Crippen LogP) is 4.15. The molecule has 0 saturated carbocycles. The third-order valence-corrected chi connectivity index (χ3v) is 3.83. The first kappa shape index (κ1) is 11.6. The van der Waals surface area contributed by atoms with Gasteiger partial charge < -0.3 is 4.98 Å². The number of rotatable bonds is 1. The van der Waals surface area contributed by atoms with E-state index in [4.69, 9.17) is 12.2 Å². The average Bonchev–Trinajstić information content (AvgIpc) is 2.68. The number of hydrogen-bond donors (Lipinski definition) is 1. The first-order valence-corrected chi connectivity index (χ1v) is 6.70. The van der Waals surface area contributed by atoms with Gasteiger partial charge in [0.1, 0.15) is 0 Å². The molecule has 1 aromatic carbocycles. The van der Waals surface area contributed by atoms with Crippen molar-refractivity contribution in [3.05, 3.63) is 51.3 Å². The van der Waals surface area contributed by atoms with Crippen LogP contribution in [0.25, 0.3) is 16.9 Å². The molecule has 0 atom stereocenters. The van der Waals surface area contributed by atoms with E-state index in [0.717, 1.165) is 26.9 Å². The highest BCUT2D eigenvalue weighted by molar-refractivity contribution is 9.10. The van der Waals surface area contributed by atoms with Crippen molar-refractivity contribution in [3.8, 4) is 5.69 Å². The van der Waals surface area contributed by atoms with Crippen molar-refractivity contribution >= 4 is 39.3 Å². The van der Waals surface area contributed by atoms with Gasteiger partial charge in [-0.1, -0.05) is 12.1 Å². The number of hydrogen-bond acceptors (Lipinski definition) is 2. The van der Waals surface area contributed by atoms with Crippen LogP contribution in [0.3, 0.4) is 0 Å². The Hall–Kier alpha value is -1.46. The molecule has 0 fully saturated rings. The molecule has 18 heavy (non-hydrogen) atoms. The Balaban J connectivity index is 2.44. The van der Waals surface area contributed by atoms with Gasteiger partial charge in [0, 0.05) is 10.7 Å². The quantitative estimate of drug-likeness (QED) is 0.683. The molecular formula is C13H10BrN3S. The molecule has 0 spiro atoms. The summed E-state index contributed by atoms with van der Waals surface area (Å²) < 4.78 is 3.59. The highest BCUT2D eigenvalue weighted by atomic mass is 79.9. The molecule has 0 unspecified atom stereocenters. The molecule has 0 aliphatic carbocycles. The van der Waals surface area contributed by atoms with Gasteiger partial charge in [-0.25, -0.2) is 4.98 Å². The summed E-state index contributed by atoms with van der Waals surface area (Å²) in [6.45, 7) is 2.04. The van der Waals surface area contributed by atoms with E-state index in [1.165, 1.54) is 0 Å². The van der Waals surface area contributed by atoms with Gasteiger partial charge in [-0.05, 0) is 58.8 Å². The fraction of sp³-hybridized carbons (Fsp3) is 0.0769. The predicted molar refractivity (Wildman–Crippen MR) is 78.7 cm³/mol. The Morgan fingerprint density at radius 2 is 2.06 bits per heavy atom. The molecule has 0 aliphatic heterocycles. The first-order valence-electron chi connectivity index (χ1n) is 5.50. The number of nitrogens with one attached hydrogen (secondary N) is 1. The number of aromatic amines is 1. The zero-order valence-electron chi connectivity index (χ0n) is 9.64. The second-order valence-corrected chi connectivity index (χ2v) is 5.28. The summed E-state index contributed by atoms with van der Waals surface area (Å²) in [6, 6.07) is 9.93. The van der Waals surface area contributed by atoms with E-state index in [9.17, 15) is 0 Å². The van der Waals surface area contributed by atoms with Gasteiger partial charge in [-0.3, -0.25) is 4.57 Å². The molecule has 3 aromatic rings. The van der Waals surface area contributed by atoms with Crippen LogP contribution < -0.4 is 0 Å². The Morgan fingerprint density at radius 1 is 1.28 bits per heavy atom. The smallest absolute Gasteiger partial charge is 0.184 e. The SMILES string of the molecule is Cc1ccnc2c1[nH]c(=S)n2-c1ccccc1Br. The fourth-order valence-corrected chi connectivity index (χ4v) is 2.73. The second-order valence-electron chi connectivity index (χ2n) is 4.04. The molecule has 0 amide bonds. The maximum absolute atomic E-state index is 5.40. The third kappa shape index (κ3) is 1.71. The number of fused-ring (bicyclic) bond motifs is 1. The van der Waals surface area contributed by atoms with Crippen LogP contribution in [0.4, 0.5) is 0 Å². The number of nitrogens with zero attached hydrogens (tertiary/aromatic N) is 2. The lowest BCUT2D eigenvalue weighted by Gasteiger charge is -2.06. The highest BCUT2D eigenvalue weighted by Crippen LogP contribution is 2.25. The maximum atomic E-state index is 5.40. The molecule has 0 bridgehead atoms. The minimum Gasteiger partial charge on any atom is -0.329 e. The molecule has 0 aliphatic rings. The summed E-state index contributed by atoms with van der Waals surface area (Å²) in [5.74, 6) is 0. The number of imidazole rings is 1. The molecule has 0 radical (unpaired) electrons. The number of H-pyrrole nitrogens is 1. The molecule has 90 valence electrons. The fourth-order valence-electron chi connectivity index (χ4n) is 1.98. The lowest BCUT2D eigenvalue weighted by Crippen LogP contribution is -1.96. The molecular weight excluding hydrogens is 310 g/mol. The number of benzene rings is 1. The minimum atomic E-state index is 0.652. The van der Waals surface area contributed by atoms with E-state index in [-0.39, 0.29) is 0 Å². The van der Waals surface area contributed by atoms with Crippen molar-refractivity contribution in [2.75, 3.05) is 0 Å². The van der Waals surface area contributed by atoms with Crippen LogP contribution in [0.15, 0.2) is 41.0 Å². The zero-order valence-corrected chi connectivity index (χ0v) is 12.0. The molecule has 3 nitrogen and oxygen atoms in total. The first-order chi connectivity index (χ1) is 8.68. The van der Waals surface area contributed by atoms with Gasteiger partial charge >= 0.3 is 0 Å². The minimum absolute atomic E-state index is 0.652. The summed E-state index contributed by atoms with van der Waals surface area (Å²) in [6.07, 6.45) is 1.80. The van der Waals surface area contributed by atoms with Crippen LogP contribution in [-0.2, 0) is 0 Å². The largest absolute Gasteiger partial charge is 0.329 e. The van der Waals surface area contributed by atoms with E-state index in [1.54, 1.807) is 6.20 Å². The normalized spacial score (nSPS) is 11.0. The molecule has 5 heteroatoms. The molecule has 0 saturated heterocycles. The Bertz CT molecular complexity index is 788. The van der Waals surface area contributed by atoms with Crippen LogP contribution in [0.5, 0.6) is 0 Å². The van der Waals surface area contributed by atoms with Crippen molar-refractivity contribution in [3.63, 3.8) is 0 Å². The van der Waals surface area contributed by atoms with Crippen molar-refractivity contribution in [1.29, 1.82) is 0 Å². The Kier molecular flexibility index (Phi) is 2.80. The molecule has 1 N–H and O–H groups in total. The van der Waals surface area contributed by atoms with Crippen molar-refractivity contribution in [1.82, 2.24) is 14.5 Å². The van der Waals surface area contributed by atoms with Gasteiger partial charge in [0.15, 0.2) is 10.4 Å². The number of halogens is 1. The van der Waals surface area contributed by atoms with Crippen LogP contribution in [0.2, 0.25) is 0 Å². The summed E-state index contributed by atoms with van der Waals surface area (Å²) in [5, 5.41) is 0. The van der Waals surface area contributed by atoms with Crippen LogP contribution in [0.1, 0.15) is 5.56 Å². The lowest BCUT2D eigenvalue weighted by atomic mass is 10.2. The summed E-state index contributed by atoms with van der Waals surface area (Å²) >= 11 is 8.95. The van der Waals surface area contributed by atoms with Gasteiger partial charge in [-0.15, -0.1) is 0 Å². The monoisotopic (exact) mass is 319 g/mol. The number of para-hydroxylation sites is 1. The molecule has 2 heterocycles. The van der Waals surface area contributed by atoms with E-state index in [0.29, 0.717) is 4.77 Å². The highest BCUT2D eigenvalue weighted by Gasteiger charge is 2.11. The number of aryl methyl sites for hydroxylation is 1. The van der Waals surface area contributed by atoms with E-state index in [1.807, 2.05) is 41.8 Å². The van der Waals surface area contributed by atoms with E-state index < -0.39 is 0 Å². The van der Waals surface area contributed by atoms with Crippen molar-refractivity contribution in [2.24, 2.45) is 0 Å². The van der Waals surface area contributed by atoms with E-state index in [2.05, 4.69) is 25.9 Å². The number of aromatic nitrogens is 3. The van der Waals surface area contributed by atoms with Crippen LogP contribution in [-0.4, -0.2) is 14.5 Å². The van der Waals surface area contributed by atoms with Gasteiger partial charge in [0.05, 0.1) is 11.2 Å². The van der Waals surface area contributed by atoms with Crippen molar-refractivity contribution in [2.45, 2.75) is 6.92 Å². The van der Waals surface area contributed by atoms with Crippen LogP contribution >= 0.6 is 28.1 Å². The lowest BCUT2D eigenvalue weighted by molar-refractivity contribution is 1.04. The Labute approximate surface area is 118 Å². The standard InChI is InChI=1S/C13H10BrN3S/c1-8-6-7-15-12-11(8)16-13(18)17(12)10-5-3-2-4-9(10)14/h2-7H,1H3,(H,16,18). The summed E-state index contributed by atoms with van der Waals surface area (Å²) in [7, 11) is 0. The maximum Gasteiger partial charge on any atom is 0.184 e. The Morgan fingerprint density at radius 3 is 2.83 bits per heavy atom. The third-order valence-electron chi connectivity index (χ3n) is 2.88. The zero-order chi connectivity index (χ0) is 12.7. The average molecular weight is 320 g/mol. The van der Waals surface area contributed by atoms with Gasteiger partial charge in [0.2, 0.25) is 0 Å². The number of pyridine rings is 1. The van der Waals surface area contributed by atoms with Gasteiger partial charge in [-0.2, -0.15) is 0 Å². The van der Waals surface area contributed by atoms with Crippen molar-refractivity contribution < 1.29 is 0 Å². The topological polar surface area (TPSA) is 33.6 Å². The molecule has 3 rings (SSSR count). The van der Waals surface area contributed by atoms with Crippen LogP contribution in [0, 0.1) is 11.7 Å². The van der Waals surface area contributed by atoms with E-state index >= 15 is 0 Å². The summed E-state index contributed by atoms with van der Waals surface area (Å²) in [5.41, 5.74) is 3.97. The van der Waals surface area contributed by atoms with Gasteiger partial charge in [0.25, 0.3) is 0 Å². The molecule has 2 aromatic heterocycles.